The number of thiophene rings is 1. The molecule has 3 aromatic rings. The Morgan fingerprint density at radius 1 is 1.38 bits per heavy atom. The Morgan fingerprint density at radius 3 is 3.08 bits per heavy atom. The van der Waals surface area contributed by atoms with Crippen LogP contribution >= 0.6 is 11.3 Å². The van der Waals surface area contributed by atoms with E-state index in [-0.39, 0.29) is 6.03 Å². The fourth-order valence-electron chi connectivity index (χ4n) is 2.28. The second-order valence-electron chi connectivity index (χ2n) is 5.20. The standard InChI is InChI=1S/C15H19N7OS/c1-2-7-21-11-17-20-14(21)9-16-15(23)19-13-5-6-18-22(13)10-12-4-3-8-24-12/h3-6,8,11H,2,7,9-10H2,1H3,(H2,16,19,23). The molecule has 3 rings (SSSR count). The zero-order valence-corrected chi connectivity index (χ0v) is 14.2. The van der Waals surface area contributed by atoms with Crippen molar-refractivity contribution in [1.82, 2.24) is 29.9 Å². The lowest BCUT2D eigenvalue weighted by Gasteiger charge is -2.10. The van der Waals surface area contributed by atoms with Crippen molar-refractivity contribution in [3.63, 3.8) is 0 Å². The molecule has 9 heteroatoms. The smallest absolute Gasteiger partial charge is 0.320 e. The van der Waals surface area contributed by atoms with Gasteiger partial charge in [-0.2, -0.15) is 5.10 Å². The Kier molecular flexibility index (Phi) is 5.22. The number of rotatable bonds is 7. The first-order valence-electron chi connectivity index (χ1n) is 7.72. The van der Waals surface area contributed by atoms with Crippen molar-refractivity contribution >= 4 is 23.2 Å². The van der Waals surface area contributed by atoms with Crippen molar-refractivity contribution in [2.24, 2.45) is 0 Å². The van der Waals surface area contributed by atoms with Crippen LogP contribution in [0.15, 0.2) is 36.1 Å². The van der Waals surface area contributed by atoms with E-state index >= 15 is 0 Å². The molecule has 0 bridgehead atoms. The van der Waals surface area contributed by atoms with E-state index in [2.05, 4.69) is 32.9 Å². The number of nitrogens with zero attached hydrogens (tertiary/aromatic N) is 5. The van der Waals surface area contributed by atoms with Gasteiger partial charge in [-0.15, -0.1) is 21.5 Å². The van der Waals surface area contributed by atoms with Gasteiger partial charge in [0, 0.05) is 17.5 Å². The van der Waals surface area contributed by atoms with Crippen molar-refractivity contribution in [2.75, 3.05) is 5.32 Å². The molecule has 3 heterocycles. The number of amides is 2. The summed E-state index contributed by atoms with van der Waals surface area (Å²) in [5, 5.41) is 19.8. The molecule has 0 atom stereocenters. The van der Waals surface area contributed by atoms with Gasteiger partial charge in [-0.3, -0.25) is 5.32 Å². The molecule has 0 saturated heterocycles. The predicted molar refractivity (Wildman–Crippen MR) is 91.8 cm³/mol. The summed E-state index contributed by atoms with van der Waals surface area (Å²) in [5.41, 5.74) is 0. The average Bonchev–Trinajstić information content (AvgIpc) is 3.30. The molecule has 0 aliphatic heterocycles. The molecular weight excluding hydrogens is 326 g/mol. The maximum atomic E-state index is 12.1. The van der Waals surface area contributed by atoms with Crippen LogP contribution in [-0.2, 0) is 19.6 Å². The van der Waals surface area contributed by atoms with Gasteiger partial charge in [-0.1, -0.05) is 13.0 Å². The minimum atomic E-state index is -0.297. The third-order valence-corrected chi connectivity index (χ3v) is 4.27. The average molecular weight is 345 g/mol. The van der Waals surface area contributed by atoms with Crippen LogP contribution in [0.4, 0.5) is 10.6 Å². The summed E-state index contributed by atoms with van der Waals surface area (Å²) in [5.74, 6) is 1.38. The SMILES string of the molecule is CCCn1cnnc1CNC(=O)Nc1ccnn1Cc1cccs1. The topological polar surface area (TPSA) is 89.7 Å². The third kappa shape index (κ3) is 3.99. The maximum Gasteiger partial charge on any atom is 0.320 e. The highest BCUT2D eigenvalue weighted by molar-refractivity contribution is 7.09. The van der Waals surface area contributed by atoms with E-state index in [4.69, 9.17) is 0 Å². The number of anilines is 1. The number of aryl methyl sites for hydroxylation is 1. The Bertz CT molecular complexity index is 777. The van der Waals surface area contributed by atoms with Crippen LogP contribution < -0.4 is 10.6 Å². The first-order valence-corrected chi connectivity index (χ1v) is 8.60. The summed E-state index contributed by atoms with van der Waals surface area (Å²) in [6.07, 6.45) is 4.33. The number of nitrogens with one attached hydrogen (secondary N) is 2. The molecule has 0 saturated carbocycles. The molecule has 2 amide bonds. The van der Waals surface area contributed by atoms with E-state index in [1.165, 1.54) is 4.88 Å². The lowest BCUT2D eigenvalue weighted by atomic mass is 10.4. The number of carbonyl (C=O) groups excluding carboxylic acids is 1. The largest absolute Gasteiger partial charge is 0.331 e. The molecule has 0 radical (unpaired) electrons. The van der Waals surface area contributed by atoms with Gasteiger partial charge in [0.2, 0.25) is 0 Å². The van der Waals surface area contributed by atoms with Crippen molar-refractivity contribution in [2.45, 2.75) is 33.0 Å². The zero-order valence-electron chi connectivity index (χ0n) is 13.3. The lowest BCUT2D eigenvalue weighted by molar-refractivity contribution is 0.251. The summed E-state index contributed by atoms with van der Waals surface area (Å²) in [6.45, 7) is 3.87. The molecule has 0 aromatic carbocycles. The van der Waals surface area contributed by atoms with Crippen LogP contribution in [-0.4, -0.2) is 30.6 Å². The van der Waals surface area contributed by atoms with Gasteiger partial charge < -0.3 is 9.88 Å². The van der Waals surface area contributed by atoms with Crippen LogP contribution in [0.3, 0.4) is 0 Å². The highest BCUT2D eigenvalue weighted by Gasteiger charge is 2.10. The van der Waals surface area contributed by atoms with Crippen LogP contribution in [0, 0.1) is 0 Å². The number of carbonyl (C=O) groups is 1. The fraction of sp³-hybridized carbons (Fsp3) is 0.333. The van der Waals surface area contributed by atoms with Crippen LogP contribution in [0.1, 0.15) is 24.0 Å². The highest BCUT2D eigenvalue weighted by atomic mass is 32.1. The van der Waals surface area contributed by atoms with Gasteiger partial charge in [-0.05, 0) is 17.9 Å². The number of hydrogen-bond acceptors (Lipinski definition) is 5. The van der Waals surface area contributed by atoms with E-state index in [9.17, 15) is 4.79 Å². The monoisotopic (exact) mass is 345 g/mol. The molecule has 0 fully saturated rings. The molecule has 8 nitrogen and oxygen atoms in total. The van der Waals surface area contributed by atoms with Crippen molar-refractivity contribution in [3.8, 4) is 0 Å². The van der Waals surface area contributed by atoms with Gasteiger partial charge in [0.25, 0.3) is 0 Å². The van der Waals surface area contributed by atoms with E-state index in [0.29, 0.717) is 18.9 Å². The molecule has 0 unspecified atom stereocenters. The second kappa shape index (κ2) is 7.73. The first kappa shape index (κ1) is 16.2. The molecule has 3 aromatic heterocycles. The molecule has 0 aliphatic rings. The van der Waals surface area contributed by atoms with Crippen LogP contribution in [0.2, 0.25) is 0 Å². The van der Waals surface area contributed by atoms with Crippen LogP contribution in [0.5, 0.6) is 0 Å². The third-order valence-electron chi connectivity index (χ3n) is 3.41. The Balaban J connectivity index is 1.55. The minimum absolute atomic E-state index is 0.297. The van der Waals surface area contributed by atoms with Gasteiger partial charge in [-0.25, -0.2) is 9.48 Å². The lowest BCUT2D eigenvalue weighted by Crippen LogP contribution is -2.30. The quantitative estimate of drug-likeness (QED) is 0.688. The second-order valence-corrected chi connectivity index (χ2v) is 6.23. The maximum absolute atomic E-state index is 12.1. The van der Waals surface area contributed by atoms with Gasteiger partial charge in [0.1, 0.15) is 12.1 Å². The predicted octanol–water partition coefficient (Wildman–Crippen LogP) is 2.32. The van der Waals surface area contributed by atoms with Gasteiger partial charge in [0.05, 0.1) is 19.3 Å². The number of urea groups is 1. The highest BCUT2D eigenvalue weighted by Crippen LogP contribution is 2.14. The molecule has 24 heavy (non-hydrogen) atoms. The summed E-state index contributed by atoms with van der Waals surface area (Å²) in [4.78, 5) is 13.3. The Morgan fingerprint density at radius 2 is 2.29 bits per heavy atom. The number of hydrogen-bond donors (Lipinski definition) is 2. The Labute approximate surface area is 143 Å². The molecule has 2 N–H and O–H groups in total. The van der Waals surface area contributed by atoms with Gasteiger partial charge >= 0.3 is 6.03 Å². The van der Waals surface area contributed by atoms with E-state index in [1.54, 1.807) is 34.6 Å². The Hall–Kier alpha value is -2.68. The van der Waals surface area contributed by atoms with Gasteiger partial charge in [0.15, 0.2) is 5.82 Å². The van der Waals surface area contributed by atoms with E-state index in [0.717, 1.165) is 18.8 Å². The van der Waals surface area contributed by atoms with Crippen molar-refractivity contribution in [1.29, 1.82) is 0 Å². The summed E-state index contributed by atoms with van der Waals surface area (Å²) >= 11 is 1.66. The number of aromatic nitrogens is 5. The van der Waals surface area contributed by atoms with Crippen LogP contribution in [0.25, 0.3) is 0 Å². The summed E-state index contributed by atoms with van der Waals surface area (Å²) < 4.78 is 3.69. The van der Waals surface area contributed by atoms with Crippen molar-refractivity contribution < 1.29 is 4.79 Å². The zero-order chi connectivity index (χ0) is 16.8. The minimum Gasteiger partial charge on any atom is -0.331 e. The molecule has 0 aliphatic carbocycles. The normalized spacial score (nSPS) is 10.7. The molecule has 126 valence electrons. The van der Waals surface area contributed by atoms with E-state index in [1.807, 2.05) is 22.1 Å². The molecule has 0 spiro atoms. The fourth-order valence-corrected chi connectivity index (χ4v) is 2.96. The van der Waals surface area contributed by atoms with Crippen molar-refractivity contribution in [3.05, 3.63) is 46.8 Å². The first-order chi connectivity index (χ1) is 11.8. The summed E-state index contributed by atoms with van der Waals surface area (Å²) in [6, 6.07) is 5.51. The van der Waals surface area contributed by atoms with E-state index < -0.39 is 0 Å². The summed E-state index contributed by atoms with van der Waals surface area (Å²) in [7, 11) is 0. The molecular formula is C15H19N7OS.